The number of H-pyrrole nitrogens is 1. The molecule has 0 aliphatic carbocycles. The van der Waals surface area contributed by atoms with Gasteiger partial charge in [0.05, 0.1) is 18.5 Å². The van der Waals surface area contributed by atoms with Crippen LogP contribution >= 0.6 is 0 Å². The van der Waals surface area contributed by atoms with Gasteiger partial charge in [-0.15, -0.1) is 0 Å². The first kappa shape index (κ1) is 15.4. The zero-order valence-corrected chi connectivity index (χ0v) is 12.6. The Kier molecular flexibility index (Phi) is 3.97. The Labute approximate surface area is 121 Å². The van der Waals surface area contributed by atoms with Crippen molar-refractivity contribution in [2.45, 2.75) is 13.5 Å². The number of hydrogen-bond acceptors (Lipinski definition) is 4. The SMILES string of the molecule is Cc1ccc(F)cc1-n1c(CN(C)S(C)(=O)=O)n[nH]c1=O. The quantitative estimate of drug-likeness (QED) is 0.885. The van der Waals surface area contributed by atoms with Gasteiger partial charge >= 0.3 is 5.69 Å². The molecule has 2 rings (SSSR count). The van der Waals surface area contributed by atoms with Crippen LogP contribution in [-0.4, -0.2) is 40.8 Å². The molecule has 0 saturated heterocycles. The maximum Gasteiger partial charge on any atom is 0.347 e. The Bertz CT molecular complexity index is 825. The largest absolute Gasteiger partial charge is 0.347 e. The van der Waals surface area contributed by atoms with Crippen molar-refractivity contribution in [3.63, 3.8) is 0 Å². The van der Waals surface area contributed by atoms with E-state index >= 15 is 0 Å². The minimum absolute atomic E-state index is 0.104. The summed E-state index contributed by atoms with van der Waals surface area (Å²) in [6.07, 6.45) is 1.05. The van der Waals surface area contributed by atoms with Gasteiger partial charge in [0, 0.05) is 7.05 Å². The zero-order chi connectivity index (χ0) is 15.8. The maximum atomic E-state index is 13.4. The van der Waals surface area contributed by atoms with Gasteiger partial charge in [0.25, 0.3) is 0 Å². The molecular formula is C12H15FN4O3S. The van der Waals surface area contributed by atoms with Crippen molar-refractivity contribution < 1.29 is 12.8 Å². The first-order valence-corrected chi connectivity index (χ1v) is 7.89. The highest BCUT2D eigenvalue weighted by atomic mass is 32.2. The second kappa shape index (κ2) is 5.41. The number of nitrogens with zero attached hydrogens (tertiary/aromatic N) is 3. The van der Waals surface area contributed by atoms with Gasteiger partial charge in [0.1, 0.15) is 5.82 Å². The van der Waals surface area contributed by atoms with E-state index in [-0.39, 0.29) is 12.4 Å². The lowest BCUT2D eigenvalue weighted by atomic mass is 10.2. The van der Waals surface area contributed by atoms with Gasteiger partial charge in [-0.25, -0.2) is 27.3 Å². The fourth-order valence-corrected chi connectivity index (χ4v) is 2.17. The van der Waals surface area contributed by atoms with Crippen molar-refractivity contribution in [1.82, 2.24) is 19.1 Å². The Hall–Kier alpha value is -2.00. The summed E-state index contributed by atoms with van der Waals surface area (Å²) < 4.78 is 38.5. The first-order chi connectivity index (χ1) is 9.70. The molecular weight excluding hydrogens is 299 g/mol. The number of aromatic nitrogens is 3. The standard InChI is InChI=1S/C12H15FN4O3S/c1-8-4-5-9(13)6-10(8)17-11(14-15-12(17)18)7-16(2)21(3,19)20/h4-6H,7H2,1-3H3,(H,15,18). The molecule has 0 radical (unpaired) electrons. The number of aromatic amines is 1. The molecule has 1 aromatic heterocycles. The first-order valence-electron chi connectivity index (χ1n) is 6.04. The predicted molar refractivity (Wildman–Crippen MR) is 75.2 cm³/mol. The van der Waals surface area contributed by atoms with Gasteiger partial charge in [-0.1, -0.05) is 6.07 Å². The second-order valence-corrected chi connectivity index (χ2v) is 6.82. The smallest absolute Gasteiger partial charge is 0.246 e. The molecule has 0 aliphatic heterocycles. The number of sulfonamides is 1. The van der Waals surface area contributed by atoms with Crippen LogP contribution in [0.2, 0.25) is 0 Å². The molecule has 7 nitrogen and oxygen atoms in total. The van der Waals surface area contributed by atoms with Crippen LogP contribution in [0.4, 0.5) is 4.39 Å². The number of hydrogen-bond donors (Lipinski definition) is 1. The third-order valence-corrected chi connectivity index (χ3v) is 4.35. The van der Waals surface area contributed by atoms with Crippen molar-refractivity contribution >= 4 is 10.0 Å². The summed E-state index contributed by atoms with van der Waals surface area (Å²) in [5.41, 5.74) is 0.439. The number of benzene rings is 1. The monoisotopic (exact) mass is 314 g/mol. The molecule has 0 unspecified atom stereocenters. The average Bonchev–Trinajstić information content (AvgIpc) is 2.72. The Morgan fingerprint density at radius 1 is 1.43 bits per heavy atom. The van der Waals surface area contributed by atoms with Crippen LogP contribution in [0, 0.1) is 12.7 Å². The molecule has 9 heteroatoms. The van der Waals surface area contributed by atoms with Crippen LogP contribution in [0.25, 0.3) is 5.69 Å². The van der Waals surface area contributed by atoms with Gasteiger partial charge in [0.15, 0.2) is 5.82 Å². The third kappa shape index (κ3) is 3.19. The van der Waals surface area contributed by atoms with E-state index in [1.165, 1.54) is 29.8 Å². The number of nitrogens with one attached hydrogen (secondary N) is 1. The summed E-state index contributed by atoms with van der Waals surface area (Å²) in [6.45, 7) is 1.62. The highest BCUT2D eigenvalue weighted by Crippen LogP contribution is 2.16. The van der Waals surface area contributed by atoms with E-state index in [2.05, 4.69) is 10.2 Å². The molecule has 114 valence electrons. The fraction of sp³-hybridized carbons (Fsp3) is 0.333. The average molecular weight is 314 g/mol. The number of rotatable bonds is 4. The van der Waals surface area contributed by atoms with Crippen LogP contribution in [0.3, 0.4) is 0 Å². The summed E-state index contributed by atoms with van der Waals surface area (Å²) in [5.74, 6) is -0.312. The summed E-state index contributed by atoms with van der Waals surface area (Å²) in [7, 11) is -2.05. The third-order valence-electron chi connectivity index (χ3n) is 3.08. The van der Waals surface area contributed by atoms with Crippen LogP contribution in [-0.2, 0) is 16.6 Å². The molecule has 0 amide bonds. The van der Waals surface area contributed by atoms with E-state index in [4.69, 9.17) is 0 Å². The van der Waals surface area contributed by atoms with Gasteiger partial charge in [0.2, 0.25) is 10.0 Å². The lowest BCUT2D eigenvalue weighted by Gasteiger charge is -2.14. The highest BCUT2D eigenvalue weighted by molar-refractivity contribution is 7.88. The summed E-state index contributed by atoms with van der Waals surface area (Å²) in [6, 6.07) is 4.02. The van der Waals surface area contributed by atoms with E-state index in [1.54, 1.807) is 6.92 Å². The normalized spacial score (nSPS) is 12.0. The van der Waals surface area contributed by atoms with Crippen molar-refractivity contribution in [2.24, 2.45) is 0 Å². The molecule has 0 atom stereocenters. The molecule has 0 bridgehead atoms. The Morgan fingerprint density at radius 2 is 2.10 bits per heavy atom. The van der Waals surface area contributed by atoms with Crippen molar-refractivity contribution in [3.05, 3.63) is 45.9 Å². The molecule has 1 aromatic carbocycles. The van der Waals surface area contributed by atoms with Gasteiger partial charge < -0.3 is 0 Å². The molecule has 0 aliphatic rings. The van der Waals surface area contributed by atoms with Crippen molar-refractivity contribution in [3.8, 4) is 5.69 Å². The molecule has 2 aromatic rings. The van der Waals surface area contributed by atoms with E-state index in [9.17, 15) is 17.6 Å². The topological polar surface area (TPSA) is 88.1 Å². The lowest BCUT2D eigenvalue weighted by Crippen LogP contribution is -2.28. The van der Waals surface area contributed by atoms with Crippen LogP contribution in [0.1, 0.15) is 11.4 Å². The summed E-state index contributed by atoms with van der Waals surface area (Å²) in [5, 5.41) is 6.07. The highest BCUT2D eigenvalue weighted by Gasteiger charge is 2.18. The van der Waals surface area contributed by atoms with Crippen LogP contribution in [0.15, 0.2) is 23.0 Å². The summed E-state index contributed by atoms with van der Waals surface area (Å²) in [4.78, 5) is 11.9. The molecule has 1 N–H and O–H groups in total. The molecule has 21 heavy (non-hydrogen) atoms. The maximum absolute atomic E-state index is 13.4. The minimum atomic E-state index is -3.42. The Morgan fingerprint density at radius 3 is 2.71 bits per heavy atom. The molecule has 1 heterocycles. The van der Waals surface area contributed by atoms with Gasteiger partial charge in [-0.3, -0.25) is 0 Å². The Balaban J connectivity index is 2.53. The van der Waals surface area contributed by atoms with Gasteiger partial charge in [-0.05, 0) is 24.6 Å². The van der Waals surface area contributed by atoms with E-state index in [0.29, 0.717) is 11.3 Å². The molecule has 0 spiro atoms. The van der Waals surface area contributed by atoms with E-state index in [0.717, 1.165) is 10.6 Å². The van der Waals surface area contributed by atoms with Crippen LogP contribution in [0.5, 0.6) is 0 Å². The van der Waals surface area contributed by atoms with Gasteiger partial charge in [-0.2, -0.15) is 9.40 Å². The molecule has 0 saturated carbocycles. The fourth-order valence-electron chi connectivity index (χ4n) is 1.82. The second-order valence-electron chi connectivity index (χ2n) is 4.73. The van der Waals surface area contributed by atoms with Crippen molar-refractivity contribution in [1.29, 1.82) is 0 Å². The zero-order valence-electron chi connectivity index (χ0n) is 11.8. The minimum Gasteiger partial charge on any atom is -0.246 e. The summed E-state index contributed by atoms with van der Waals surface area (Å²) >= 11 is 0. The predicted octanol–water partition coefficient (Wildman–Crippen LogP) is 0.400. The van der Waals surface area contributed by atoms with E-state index < -0.39 is 21.5 Å². The van der Waals surface area contributed by atoms with E-state index in [1.807, 2.05) is 0 Å². The van der Waals surface area contributed by atoms with Crippen molar-refractivity contribution in [2.75, 3.05) is 13.3 Å². The number of aryl methyl sites for hydroxylation is 1. The number of halogens is 1. The van der Waals surface area contributed by atoms with Crippen LogP contribution < -0.4 is 5.69 Å². The molecule has 0 fully saturated rings. The lowest BCUT2D eigenvalue weighted by molar-refractivity contribution is 0.458.